The van der Waals surface area contributed by atoms with E-state index in [4.69, 9.17) is 0 Å². The summed E-state index contributed by atoms with van der Waals surface area (Å²) < 4.78 is 0. The van der Waals surface area contributed by atoms with Gasteiger partial charge in [-0.25, -0.2) is 0 Å². The van der Waals surface area contributed by atoms with Gasteiger partial charge in [-0.05, 0) is 121 Å². The first-order chi connectivity index (χ1) is 32.8. The Bertz CT molecular complexity index is 3400. The number of fused-ring (bicyclic) bond motifs is 3. The van der Waals surface area contributed by atoms with Gasteiger partial charge in [0.15, 0.2) is 0 Å². The summed E-state index contributed by atoms with van der Waals surface area (Å²) in [5.41, 5.74) is 19.4. The molecule has 0 aliphatic carbocycles. The molecule has 0 aliphatic heterocycles. The van der Waals surface area contributed by atoms with Crippen LogP contribution in [0.25, 0.3) is 121 Å². The Morgan fingerprint density at radius 2 is 0.273 bits per heavy atom. The molecular formula is C66H44. The van der Waals surface area contributed by atoms with Gasteiger partial charge in [0.2, 0.25) is 0 Å². The molecule has 0 radical (unpaired) electrons. The Balaban J connectivity index is 1.12. The van der Waals surface area contributed by atoms with Crippen LogP contribution in [0.5, 0.6) is 0 Å². The number of hydrogen-bond acceptors (Lipinski definition) is 0. The number of hydrogen-bond donors (Lipinski definition) is 0. The van der Waals surface area contributed by atoms with Crippen LogP contribution >= 0.6 is 0 Å². The van der Waals surface area contributed by atoms with Crippen molar-refractivity contribution in [1.29, 1.82) is 0 Å². The van der Waals surface area contributed by atoms with Crippen molar-refractivity contribution < 1.29 is 0 Å². The highest BCUT2D eigenvalue weighted by Crippen LogP contribution is 2.53. The largest absolute Gasteiger partial charge is 0.0622 e. The van der Waals surface area contributed by atoms with E-state index in [1.165, 1.54) is 121 Å². The first kappa shape index (κ1) is 39.0. The fraction of sp³-hybridized carbons (Fsp3) is 0. The molecule has 66 heavy (non-hydrogen) atoms. The molecule has 0 amide bonds. The molecule has 308 valence electrons. The van der Waals surface area contributed by atoms with Crippen LogP contribution in [0.2, 0.25) is 0 Å². The van der Waals surface area contributed by atoms with Crippen molar-refractivity contribution in [3.05, 3.63) is 267 Å². The maximum Gasteiger partial charge on any atom is -0.000139 e. The van der Waals surface area contributed by atoms with Gasteiger partial charge in [0.05, 0.1) is 0 Å². The molecule has 12 rings (SSSR count). The van der Waals surface area contributed by atoms with Gasteiger partial charge in [0.25, 0.3) is 0 Å². The highest BCUT2D eigenvalue weighted by atomic mass is 14.3. The average molecular weight is 837 g/mol. The normalized spacial score (nSPS) is 11.3. The van der Waals surface area contributed by atoms with Gasteiger partial charge in [0.1, 0.15) is 0 Å². The van der Waals surface area contributed by atoms with E-state index in [1.807, 2.05) is 0 Å². The Hall–Kier alpha value is -8.58. The SMILES string of the molecule is c1ccc(-c2ccc(-c3ccc(-c4c5ccccc5c(-c5ccc(-c6ccc(-c7ccccc7)cc6)cc5)c5c(-c6ccccc6)c6ccccc6c(-c6ccccc6)c45)cc3)cc2)cc1. The van der Waals surface area contributed by atoms with Crippen molar-refractivity contribution in [3.63, 3.8) is 0 Å². The Morgan fingerprint density at radius 3 is 0.500 bits per heavy atom. The van der Waals surface area contributed by atoms with E-state index in [9.17, 15) is 0 Å². The molecule has 0 bridgehead atoms. The van der Waals surface area contributed by atoms with Gasteiger partial charge >= 0.3 is 0 Å². The van der Waals surface area contributed by atoms with E-state index < -0.39 is 0 Å². The molecule has 0 N–H and O–H groups in total. The molecule has 12 aromatic rings. The van der Waals surface area contributed by atoms with Crippen LogP contribution in [-0.4, -0.2) is 0 Å². The molecular weight excluding hydrogens is 793 g/mol. The third-order valence-corrected chi connectivity index (χ3v) is 13.3. The van der Waals surface area contributed by atoms with Gasteiger partial charge in [-0.1, -0.05) is 267 Å². The van der Waals surface area contributed by atoms with Gasteiger partial charge in [0, 0.05) is 0 Å². The van der Waals surface area contributed by atoms with E-state index in [1.54, 1.807) is 0 Å². The van der Waals surface area contributed by atoms with Crippen LogP contribution < -0.4 is 0 Å². The Labute approximate surface area is 386 Å². The van der Waals surface area contributed by atoms with Crippen molar-refractivity contribution in [3.8, 4) is 89.0 Å². The van der Waals surface area contributed by atoms with Crippen LogP contribution in [0.4, 0.5) is 0 Å². The number of rotatable bonds is 8. The van der Waals surface area contributed by atoms with Crippen molar-refractivity contribution in [2.24, 2.45) is 0 Å². The number of benzene rings is 12. The molecule has 0 aromatic heterocycles. The predicted octanol–water partition coefficient (Wildman–Crippen LogP) is 18.5. The Morgan fingerprint density at radius 1 is 0.121 bits per heavy atom. The quantitative estimate of drug-likeness (QED) is 0.134. The molecule has 0 heteroatoms. The van der Waals surface area contributed by atoms with E-state index in [0.29, 0.717) is 0 Å². The topological polar surface area (TPSA) is 0 Å². The van der Waals surface area contributed by atoms with Crippen LogP contribution in [-0.2, 0) is 0 Å². The Kier molecular flexibility index (Phi) is 9.97. The van der Waals surface area contributed by atoms with E-state index >= 15 is 0 Å². The summed E-state index contributed by atoms with van der Waals surface area (Å²) in [6.45, 7) is 0. The highest BCUT2D eigenvalue weighted by Gasteiger charge is 2.26. The lowest BCUT2D eigenvalue weighted by molar-refractivity contribution is 1.58. The molecule has 0 heterocycles. The van der Waals surface area contributed by atoms with Crippen LogP contribution in [0.15, 0.2) is 267 Å². The molecule has 0 nitrogen and oxygen atoms in total. The minimum atomic E-state index is 1.19. The minimum Gasteiger partial charge on any atom is -0.0622 e. The first-order valence-electron chi connectivity index (χ1n) is 22.8. The average Bonchev–Trinajstić information content (AvgIpc) is 3.41. The van der Waals surface area contributed by atoms with E-state index in [0.717, 1.165) is 0 Å². The lowest BCUT2D eigenvalue weighted by Crippen LogP contribution is -1.97. The molecule has 0 saturated carbocycles. The summed E-state index contributed by atoms with van der Waals surface area (Å²) in [4.78, 5) is 0. The van der Waals surface area contributed by atoms with Crippen LogP contribution in [0.3, 0.4) is 0 Å². The zero-order valence-corrected chi connectivity index (χ0v) is 36.4. The van der Waals surface area contributed by atoms with Crippen molar-refractivity contribution >= 4 is 32.3 Å². The van der Waals surface area contributed by atoms with Gasteiger partial charge in [-0.3, -0.25) is 0 Å². The maximum atomic E-state index is 2.34. The molecule has 0 unspecified atom stereocenters. The lowest BCUT2D eigenvalue weighted by atomic mass is 9.77. The van der Waals surface area contributed by atoms with Crippen molar-refractivity contribution in [2.75, 3.05) is 0 Å². The fourth-order valence-electron chi connectivity index (χ4n) is 10.2. The standard InChI is InChI=1S/C66H44/c1-5-17-45(18-6-1)47-29-33-49(34-30-47)51-37-41-55(42-38-51)63-59-27-15-16-28-60(59)64(56-43-39-52(40-44-56)50-35-31-48(32-36-50)46-19-7-2-8-20-46)66-62(54-23-11-4-12-24-54)58-26-14-13-25-57(58)61(65(63)66)53-21-9-3-10-22-53/h1-44H. The summed E-state index contributed by atoms with van der Waals surface area (Å²) in [6, 6.07) is 97.8. The summed E-state index contributed by atoms with van der Waals surface area (Å²) in [7, 11) is 0. The highest BCUT2D eigenvalue weighted by molar-refractivity contribution is 6.33. The van der Waals surface area contributed by atoms with Crippen LogP contribution in [0, 0.1) is 0 Å². The van der Waals surface area contributed by atoms with Crippen molar-refractivity contribution in [2.45, 2.75) is 0 Å². The first-order valence-corrected chi connectivity index (χ1v) is 22.8. The smallest absolute Gasteiger partial charge is 0.000139 e. The predicted molar refractivity (Wildman–Crippen MR) is 282 cm³/mol. The molecule has 0 spiro atoms. The second-order valence-corrected chi connectivity index (χ2v) is 17.1. The monoisotopic (exact) mass is 836 g/mol. The van der Waals surface area contributed by atoms with Gasteiger partial charge in [-0.15, -0.1) is 0 Å². The third-order valence-electron chi connectivity index (χ3n) is 13.3. The fourth-order valence-corrected chi connectivity index (χ4v) is 10.2. The van der Waals surface area contributed by atoms with E-state index in [-0.39, 0.29) is 0 Å². The molecule has 0 saturated heterocycles. The minimum absolute atomic E-state index is 1.19. The third kappa shape index (κ3) is 6.97. The maximum absolute atomic E-state index is 2.34. The second-order valence-electron chi connectivity index (χ2n) is 17.1. The van der Waals surface area contributed by atoms with Crippen molar-refractivity contribution in [1.82, 2.24) is 0 Å². The zero-order chi connectivity index (χ0) is 43.8. The second kappa shape index (κ2) is 16.8. The summed E-state index contributed by atoms with van der Waals surface area (Å²) in [5.74, 6) is 0. The van der Waals surface area contributed by atoms with Crippen LogP contribution in [0.1, 0.15) is 0 Å². The molecule has 0 fully saturated rings. The zero-order valence-electron chi connectivity index (χ0n) is 36.4. The summed E-state index contributed by atoms with van der Waals surface area (Å²) in [6.07, 6.45) is 0. The van der Waals surface area contributed by atoms with E-state index in [2.05, 4.69) is 267 Å². The van der Waals surface area contributed by atoms with Gasteiger partial charge in [-0.2, -0.15) is 0 Å². The molecule has 0 aliphatic rings. The molecule has 0 atom stereocenters. The van der Waals surface area contributed by atoms with Gasteiger partial charge < -0.3 is 0 Å². The lowest BCUT2D eigenvalue weighted by Gasteiger charge is -2.25. The summed E-state index contributed by atoms with van der Waals surface area (Å²) in [5, 5.41) is 7.45. The molecule has 12 aromatic carbocycles. The summed E-state index contributed by atoms with van der Waals surface area (Å²) >= 11 is 0.